The van der Waals surface area contributed by atoms with Gasteiger partial charge in [-0.05, 0) is 31.6 Å². The third-order valence-electron chi connectivity index (χ3n) is 4.09. The van der Waals surface area contributed by atoms with Crippen molar-refractivity contribution in [1.82, 2.24) is 10.2 Å². The maximum absolute atomic E-state index is 12.6. The summed E-state index contributed by atoms with van der Waals surface area (Å²) in [7, 11) is 0. The van der Waals surface area contributed by atoms with E-state index in [0.29, 0.717) is 18.4 Å². The fourth-order valence-electron chi connectivity index (χ4n) is 2.44. The largest absolute Gasteiger partial charge is 0.340 e. The molecule has 0 saturated carbocycles. The molecular weight excluding hydrogens is 240 g/mol. The number of amides is 2. The van der Waals surface area contributed by atoms with Gasteiger partial charge in [-0.2, -0.15) is 0 Å². The summed E-state index contributed by atoms with van der Waals surface area (Å²) in [5.74, 6) is 0.994. The molecule has 1 fully saturated rings. The lowest BCUT2D eigenvalue weighted by molar-refractivity contribution is -0.156. The summed E-state index contributed by atoms with van der Waals surface area (Å²) in [6.45, 7) is 14.6. The molecular formula is C15H28N2O2. The Bertz CT molecular complexity index is 361. The van der Waals surface area contributed by atoms with Gasteiger partial charge in [0, 0.05) is 6.54 Å². The van der Waals surface area contributed by atoms with Crippen molar-refractivity contribution in [3.05, 3.63) is 0 Å². The van der Waals surface area contributed by atoms with Crippen LogP contribution in [0, 0.1) is 17.8 Å². The molecule has 0 spiro atoms. The maximum atomic E-state index is 12.6. The van der Waals surface area contributed by atoms with E-state index >= 15 is 0 Å². The van der Waals surface area contributed by atoms with Crippen molar-refractivity contribution in [3.8, 4) is 0 Å². The molecule has 110 valence electrons. The van der Waals surface area contributed by atoms with Gasteiger partial charge in [0.05, 0.1) is 0 Å². The zero-order valence-corrected chi connectivity index (χ0v) is 13.3. The highest BCUT2D eigenvalue weighted by Crippen LogP contribution is 2.25. The van der Waals surface area contributed by atoms with Gasteiger partial charge in [-0.15, -0.1) is 0 Å². The molecule has 0 aromatic rings. The zero-order valence-electron chi connectivity index (χ0n) is 13.3. The minimum atomic E-state index is -0.792. The fraction of sp³-hybridized carbons (Fsp3) is 0.867. The van der Waals surface area contributed by atoms with E-state index in [2.05, 4.69) is 26.1 Å². The Hall–Kier alpha value is -1.06. The molecule has 2 amide bonds. The SMILES string of the molecule is CC(C)C(C)CN1C(=O)C(C)(C)NC(=O)C1C(C)C. The van der Waals surface area contributed by atoms with Gasteiger partial charge in [0.15, 0.2) is 0 Å². The molecule has 19 heavy (non-hydrogen) atoms. The van der Waals surface area contributed by atoms with Gasteiger partial charge >= 0.3 is 0 Å². The van der Waals surface area contributed by atoms with Crippen LogP contribution in [0.15, 0.2) is 0 Å². The first-order chi connectivity index (χ1) is 8.58. The number of hydrogen-bond acceptors (Lipinski definition) is 2. The van der Waals surface area contributed by atoms with Gasteiger partial charge in [0.2, 0.25) is 11.8 Å². The lowest BCUT2D eigenvalue weighted by Crippen LogP contribution is -2.69. The fourth-order valence-corrected chi connectivity index (χ4v) is 2.44. The number of hydrogen-bond donors (Lipinski definition) is 1. The Kier molecular flexibility index (Phi) is 4.64. The summed E-state index contributed by atoms with van der Waals surface area (Å²) < 4.78 is 0. The molecule has 1 N–H and O–H groups in total. The van der Waals surface area contributed by atoms with Crippen molar-refractivity contribution in [2.24, 2.45) is 17.8 Å². The molecule has 2 unspecified atom stereocenters. The van der Waals surface area contributed by atoms with E-state index in [1.165, 1.54) is 0 Å². The normalized spacial score (nSPS) is 24.9. The average Bonchev–Trinajstić information content (AvgIpc) is 2.23. The molecule has 0 aromatic heterocycles. The Labute approximate surface area is 116 Å². The van der Waals surface area contributed by atoms with Crippen LogP contribution in [0.25, 0.3) is 0 Å². The van der Waals surface area contributed by atoms with Crippen molar-refractivity contribution in [3.63, 3.8) is 0 Å². The second-order valence-corrected chi connectivity index (χ2v) is 6.98. The molecule has 1 aliphatic rings. The highest BCUT2D eigenvalue weighted by Gasteiger charge is 2.46. The van der Waals surface area contributed by atoms with E-state index in [1.54, 1.807) is 18.7 Å². The first-order valence-electron chi connectivity index (χ1n) is 7.21. The van der Waals surface area contributed by atoms with Crippen molar-refractivity contribution in [1.29, 1.82) is 0 Å². The van der Waals surface area contributed by atoms with Crippen LogP contribution in [-0.2, 0) is 9.59 Å². The minimum Gasteiger partial charge on any atom is -0.340 e. The predicted molar refractivity (Wildman–Crippen MR) is 76.6 cm³/mol. The summed E-state index contributed by atoms with van der Waals surface area (Å²) in [5.41, 5.74) is -0.792. The molecule has 1 saturated heterocycles. The maximum Gasteiger partial charge on any atom is 0.248 e. The molecule has 4 heteroatoms. The second-order valence-electron chi connectivity index (χ2n) is 6.98. The van der Waals surface area contributed by atoms with Crippen molar-refractivity contribution < 1.29 is 9.59 Å². The molecule has 1 rings (SSSR count). The molecule has 0 bridgehead atoms. The van der Waals surface area contributed by atoms with Gasteiger partial charge in [0.1, 0.15) is 11.6 Å². The third kappa shape index (κ3) is 3.28. The summed E-state index contributed by atoms with van der Waals surface area (Å²) in [4.78, 5) is 26.6. The van der Waals surface area contributed by atoms with Crippen LogP contribution in [0.4, 0.5) is 0 Å². The number of rotatable bonds is 4. The number of carbonyl (C=O) groups is 2. The number of piperazine rings is 1. The average molecular weight is 268 g/mol. The molecule has 4 nitrogen and oxygen atoms in total. The summed E-state index contributed by atoms with van der Waals surface area (Å²) in [6, 6.07) is -0.346. The van der Waals surface area contributed by atoms with Gasteiger partial charge < -0.3 is 10.2 Å². The van der Waals surface area contributed by atoms with Crippen LogP contribution in [0.1, 0.15) is 48.5 Å². The minimum absolute atomic E-state index is 0.0262. The van der Waals surface area contributed by atoms with Crippen molar-refractivity contribution >= 4 is 11.8 Å². The van der Waals surface area contributed by atoms with E-state index in [4.69, 9.17) is 0 Å². The van der Waals surface area contributed by atoms with Crippen LogP contribution in [0.3, 0.4) is 0 Å². The van der Waals surface area contributed by atoms with E-state index in [9.17, 15) is 9.59 Å². The standard InChI is InChI=1S/C15H28N2O2/c1-9(2)11(5)8-17-12(10(3)4)13(18)16-15(6,7)14(17)19/h9-12H,8H2,1-7H3,(H,16,18). The van der Waals surface area contributed by atoms with Crippen LogP contribution in [-0.4, -0.2) is 34.8 Å². The number of nitrogens with zero attached hydrogens (tertiary/aromatic N) is 1. The number of nitrogens with one attached hydrogen (secondary N) is 1. The van der Waals surface area contributed by atoms with E-state index in [1.807, 2.05) is 13.8 Å². The quantitative estimate of drug-likeness (QED) is 0.848. The molecule has 0 aliphatic carbocycles. The lowest BCUT2D eigenvalue weighted by Gasteiger charge is -2.45. The van der Waals surface area contributed by atoms with Crippen LogP contribution in [0.2, 0.25) is 0 Å². The van der Waals surface area contributed by atoms with Gasteiger partial charge in [-0.25, -0.2) is 0 Å². The smallest absolute Gasteiger partial charge is 0.248 e. The topological polar surface area (TPSA) is 49.4 Å². The van der Waals surface area contributed by atoms with E-state index < -0.39 is 5.54 Å². The molecule has 0 aromatic carbocycles. The van der Waals surface area contributed by atoms with Crippen LogP contribution < -0.4 is 5.32 Å². The van der Waals surface area contributed by atoms with E-state index in [0.717, 1.165) is 0 Å². The molecule has 1 heterocycles. The van der Waals surface area contributed by atoms with Gasteiger partial charge in [-0.1, -0.05) is 34.6 Å². The van der Waals surface area contributed by atoms with Gasteiger partial charge in [-0.3, -0.25) is 9.59 Å². The summed E-state index contributed by atoms with van der Waals surface area (Å²) >= 11 is 0. The Morgan fingerprint density at radius 1 is 1.16 bits per heavy atom. The number of carbonyl (C=O) groups excluding carboxylic acids is 2. The molecule has 0 radical (unpaired) electrons. The Balaban J connectivity index is 3.03. The first kappa shape index (κ1) is 16.0. The highest BCUT2D eigenvalue weighted by molar-refractivity contribution is 5.99. The monoisotopic (exact) mass is 268 g/mol. The summed E-state index contributed by atoms with van der Waals surface area (Å²) in [5, 5.41) is 2.84. The first-order valence-corrected chi connectivity index (χ1v) is 7.21. The lowest BCUT2D eigenvalue weighted by atomic mass is 9.89. The zero-order chi connectivity index (χ0) is 15.0. The predicted octanol–water partition coefficient (Wildman–Crippen LogP) is 2.04. The third-order valence-corrected chi connectivity index (χ3v) is 4.09. The Morgan fingerprint density at radius 3 is 2.11 bits per heavy atom. The molecule has 1 aliphatic heterocycles. The highest BCUT2D eigenvalue weighted by atomic mass is 16.2. The van der Waals surface area contributed by atoms with Gasteiger partial charge in [0.25, 0.3) is 0 Å². The van der Waals surface area contributed by atoms with Crippen molar-refractivity contribution in [2.75, 3.05) is 6.54 Å². The van der Waals surface area contributed by atoms with Crippen LogP contribution >= 0.6 is 0 Å². The Morgan fingerprint density at radius 2 is 1.68 bits per heavy atom. The second kappa shape index (κ2) is 5.51. The van der Waals surface area contributed by atoms with Crippen molar-refractivity contribution in [2.45, 2.75) is 60.0 Å². The molecule has 2 atom stereocenters. The van der Waals surface area contributed by atoms with Crippen LogP contribution in [0.5, 0.6) is 0 Å². The summed E-state index contributed by atoms with van der Waals surface area (Å²) in [6.07, 6.45) is 0. The van der Waals surface area contributed by atoms with E-state index in [-0.39, 0.29) is 23.8 Å².